The molecule has 21 heavy (non-hydrogen) atoms. The second kappa shape index (κ2) is 6.30. The number of amides is 1. The van der Waals surface area contributed by atoms with E-state index in [4.69, 9.17) is 0 Å². The van der Waals surface area contributed by atoms with E-state index >= 15 is 0 Å². The summed E-state index contributed by atoms with van der Waals surface area (Å²) < 4.78 is 26.3. The average Bonchev–Trinajstić information content (AvgIpc) is 2.45. The van der Waals surface area contributed by atoms with Gasteiger partial charge in [0.2, 0.25) is 0 Å². The van der Waals surface area contributed by atoms with Crippen molar-refractivity contribution in [1.82, 2.24) is 9.88 Å². The Balaban J connectivity index is 2.10. The highest BCUT2D eigenvalue weighted by Gasteiger charge is 2.10. The summed E-state index contributed by atoms with van der Waals surface area (Å²) in [5.74, 6) is -1.44. The fourth-order valence-corrected chi connectivity index (χ4v) is 1.75. The molecule has 2 rings (SSSR count). The molecular weight excluding hydrogens is 276 g/mol. The van der Waals surface area contributed by atoms with Crippen molar-refractivity contribution >= 4 is 11.6 Å². The normalized spacial score (nSPS) is 10.3. The summed E-state index contributed by atoms with van der Waals surface area (Å²) in [4.78, 5) is 17.2. The van der Waals surface area contributed by atoms with E-state index in [2.05, 4.69) is 10.3 Å². The van der Waals surface area contributed by atoms with E-state index in [1.54, 1.807) is 26.2 Å². The molecule has 4 nitrogen and oxygen atoms in total. The topological polar surface area (TPSA) is 45.2 Å². The van der Waals surface area contributed by atoms with Gasteiger partial charge in [0, 0.05) is 44.2 Å². The third-order valence-electron chi connectivity index (χ3n) is 2.88. The first kappa shape index (κ1) is 14.9. The van der Waals surface area contributed by atoms with Crippen LogP contribution in [-0.2, 0) is 6.54 Å². The van der Waals surface area contributed by atoms with E-state index in [0.29, 0.717) is 16.9 Å². The van der Waals surface area contributed by atoms with Crippen molar-refractivity contribution in [3.63, 3.8) is 0 Å². The molecule has 0 fully saturated rings. The number of benzene rings is 1. The van der Waals surface area contributed by atoms with Gasteiger partial charge in [-0.1, -0.05) is 6.07 Å². The Bertz CT molecular complexity index is 659. The minimum atomic E-state index is -0.612. The largest absolute Gasteiger partial charge is 0.381 e. The number of halogens is 2. The van der Waals surface area contributed by atoms with Gasteiger partial charge in [-0.15, -0.1) is 0 Å². The van der Waals surface area contributed by atoms with Crippen LogP contribution >= 0.6 is 0 Å². The van der Waals surface area contributed by atoms with Crippen molar-refractivity contribution in [2.45, 2.75) is 6.54 Å². The first-order chi connectivity index (χ1) is 9.97. The summed E-state index contributed by atoms with van der Waals surface area (Å²) in [7, 11) is 3.27. The molecule has 1 amide bonds. The SMILES string of the molecule is CN(C)C(=O)c1cc(NCc2ccc(F)cc2F)ccn1. The van der Waals surface area contributed by atoms with Crippen LogP contribution in [0.4, 0.5) is 14.5 Å². The molecule has 0 saturated carbocycles. The predicted molar refractivity (Wildman–Crippen MR) is 75.9 cm³/mol. The fraction of sp³-hybridized carbons (Fsp3) is 0.200. The van der Waals surface area contributed by atoms with E-state index in [0.717, 1.165) is 6.07 Å². The van der Waals surface area contributed by atoms with Crippen molar-refractivity contribution in [3.05, 3.63) is 59.4 Å². The summed E-state index contributed by atoms with van der Waals surface area (Å²) in [6.45, 7) is 0.186. The molecular formula is C15H15F2N3O. The first-order valence-corrected chi connectivity index (χ1v) is 6.33. The Morgan fingerprint density at radius 2 is 2.00 bits per heavy atom. The number of hydrogen-bond acceptors (Lipinski definition) is 3. The molecule has 1 aromatic carbocycles. The van der Waals surface area contributed by atoms with Gasteiger partial charge in [-0.25, -0.2) is 8.78 Å². The van der Waals surface area contributed by atoms with Gasteiger partial charge in [0.15, 0.2) is 0 Å². The lowest BCUT2D eigenvalue weighted by Gasteiger charge is -2.11. The van der Waals surface area contributed by atoms with Crippen LogP contribution in [-0.4, -0.2) is 29.9 Å². The van der Waals surface area contributed by atoms with Crippen LogP contribution in [0.15, 0.2) is 36.5 Å². The summed E-state index contributed by atoms with van der Waals surface area (Å²) >= 11 is 0. The van der Waals surface area contributed by atoms with E-state index in [1.165, 1.54) is 23.2 Å². The number of nitrogens with zero attached hydrogens (tertiary/aromatic N) is 2. The van der Waals surface area contributed by atoms with Gasteiger partial charge in [0.25, 0.3) is 5.91 Å². The molecule has 110 valence electrons. The van der Waals surface area contributed by atoms with Gasteiger partial charge in [-0.3, -0.25) is 9.78 Å². The minimum Gasteiger partial charge on any atom is -0.381 e. The Hall–Kier alpha value is -2.50. The lowest BCUT2D eigenvalue weighted by atomic mass is 10.2. The smallest absolute Gasteiger partial charge is 0.272 e. The number of carbonyl (C=O) groups is 1. The first-order valence-electron chi connectivity index (χ1n) is 6.33. The molecule has 0 spiro atoms. The maximum absolute atomic E-state index is 13.5. The Morgan fingerprint density at radius 3 is 2.67 bits per heavy atom. The lowest BCUT2D eigenvalue weighted by molar-refractivity contribution is 0.0822. The monoisotopic (exact) mass is 291 g/mol. The van der Waals surface area contributed by atoms with E-state index in [1.807, 2.05) is 0 Å². The Labute approximate surface area is 121 Å². The fourth-order valence-electron chi connectivity index (χ4n) is 1.75. The zero-order chi connectivity index (χ0) is 15.4. The molecule has 0 unspecified atom stereocenters. The number of anilines is 1. The standard InChI is InChI=1S/C15H15F2N3O/c1-20(2)15(21)14-8-12(5-6-18-14)19-9-10-3-4-11(16)7-13(10)17/h3-8H,9H2,1-2H3,(H,18,19). The van der Waals surface area contributed by atoms with Gasteiger partial charge in [0.05, 0.1) is 0 Å². The number of rotatable bonds is 4. The molecule has 1 heterocycles. The number of aromatic nitrogens is 1. The van der Waals surface area contributed by atoms with Crippen LogP contribution in [0.25, 0.3) is 0 Å². The Kier molecular flexibility index (Phi) is 4.47. The summed E-state index contributed by atoms with van der Waals surface area (Å²) in [5, 5.41) is 2.98. The number of hydrogen-bond donors (Lipinski definition) is 1. The lowest BCUT2D eigenvalue weighted by Crippen LogP contribution is -2.22. The van der Waals surface area contributed by atoms with Crippen molar-refractivity contribution in [2.75, 3.05) is 19.4 Å². The molecule has 0 aliphatic rings. The van der Waals surface area contributed by atoms with E-state index < -0.39 is 11.6 Å². The van der Waals surface area contributed by atoms with Gasteiger partial charge >= 0.3 is 0 Å². The number of pyridine rings is 1. The molecule has 1 N–H and O–H groups in total. The van der Waals surface area contributed by atoms with Crippen molar-refractivity contribution in [1.29, 1.82) is 0 Å². The second-order valence-corrected chi connectivity index (χ2v) is 4.72. The maximum Gasteiger partial charge on any atom is 0.272 e. The molecule has 0 atom stereocenters. The molecule has 0 bridgehead atoms. The maximum atomic E-state index is 13.5. The third-order valence-corrected chi connectivity index (χ3v) is 2.88. The molecule has 0 saturated heterocycles. The quantitative estimate of drug-likeness (QED) is 0.942. The molecule has 6 heteroatoms. The zero-order valence-corrected chi connectivity index (χ0v) is 11.7. The molecule has 0 aliphatic heterocycles. The highest BCUT2D eigenvalue weighted by Crippen LogP contribution is 2.14. The summed E-state index contributed by atoms with van der Waals surface area (Å²) in [6, 6.07) is 6.68. The van der Waals surface area contributed by atoms with Gasteiger partial charge in [-0.2, -0.15) is 0 Å². The second-order valence-electron chi connectivity index (χ2n) is 4.72. The molecule has 2 aromatic rings. The van der Waals surface area contributed by atoms with Crippen molar-refractivity contribution in [2.24, 2.45) is 0 Å². The molecule has 0 radical (unpaired) electrons. The van der Waals surface area contributed by atoms with E-state index in [9.17, 15) is 13.6 Å². The summed E-state index contributed by atoms with van der Waals surface area (Å²) in [6.07, 6.45) is 1.50. The molecule has 1 aromatic heterocycles. The van der Waals surface area contributed by atoms with Crippen LogP contribution < -0.4 is 5.32 Å². The van der Waals surface area contributed by atoms with E-state index in [-0.39, 0.29) is 12.5 Å². The van der Waals surface area contributed by atoms with Crippen LogP contribution in [0.1, 0.15) is 16.1 Å². The van der Waals surface area contributed by atoms with Crippen molar-refractivity contribution in [3.8, 4) is 0 Å². The molecule has 0 aliphatic carbocycles. The average molecular weight is 291 g/mol. The Morgan fingerprint density at radius 1 is 1.24 bits per heavy atom. The van der Waals surface area contributed by atoms with Crippen LogP contribution in [0.2, 0.25) is 0 Å². The number of carbonyl (C=O) groups excluding carboxylic acids is 1. The zero-order valence-electron chi connectivity index (χ0n) is 11.7. The third kappa shape index (κ3) is 3.75. The van der Waals surface area contributed by atoms with Gasteiger partial charge in [-0.05, 0) is 18.2 Å². The minimum absolute atomic E-state index is 0.186. The van der Waals surface area contributed by atoms with Crippen LogP contribution in [0, 0.1) is 11.6 Å². The number of nitrogens with one attached hydrogen (secondary N) is 1. The highest BCUT2D eigenvalue weighted by molar-refractivity contribution is 5.92. The predicted octanol–water partition coefficient (Wildman–Crippen LogP) is 2.67. The van der Waals surface area contributed by atoms with Gasteiger partial charge in [0.1, 0.15) is 17.3 Å². The summed E-state index contributed by atoms with van der Waals surface area (Å²) in [5.41, 5.74) is 1.28. The van der Waals surface area contributed by atoms with Gasteiger partial charge < -0.3 is 10.2 Å². The van der Waals surface area contributed by atoms with Crippen molar-refractivity contribution < 1.29 is 13.6 Å². The van der Waals surface area contributed by atoms with Crippen LogP contribution in [0.5, 0.6) is 0 Å². The highest BCUT2D eigenvalue weighted by atomic mass is 19.1. The van der Waals surface area contributed by atoms with Crippen LogP contribution in [0.3, 0.4) is 0 Å².